The van der Waals surface area contributed by atoms with Crippen molar-refractivity contribution in [2.75, 3.05) is 0 Å². The van der Waals surface area contributed by atoms with Crippen molar-refractivity contribution >= 4 is 22.6 Å². The van der Waals surface area contributed by atoms with Crippen LogP contribution in [0.2, 0.25) is 0 Å². The third-order valence-corrected chi connectivity index (χ3v) is 4.33. The van der Waals surface area contributed by atoms with Crippen molar-refractivity contribution < 1.29 is 18.4 Å². The molecular formula is C21H18F2N2O2. The van der Waals surface area contributed by atoms with Crippen molar-refractivity contribution in [1.82, 2.24) is 5.32 Å². The van der Waals surface area contributed by atoms with Gasteiger partial charge in [-0.2, -0.15) is 0 Å². The number of nitrogens with two attached hydrogens (primary N) is 1. The van der Waals surface area contributed by atoms with Gasteiger partial charge in [0, 0.05) is 6.42 Å². The summed E-state index contributed by atoms with van der Waals surface area (Å²) in [6, 6.07) is 15.7. The first kappa shape index (κ1) is 18.5. The quantitative estimate of drug-likeness (QED) is 0.702. The number of carbonyl (C=O) groups is 2. The first-order valence-electron chi connectivity index (χ1n) is 8.43. The lowest BCUT2D eigenvalue weighted by Crippen LogP contribution is -2.46. The summed E-state index contributed by atoms with van der Waals surface area (Å²) < 4.78 is 26.3. The normalized spacial score (nSPS) is 11.9. The van der Waals surface area contributed by atoms with E-state index in [1.165, 1.54) is 6.07 Å². The molecule has 0 bridgehead atoms. The van der Waals surface area contributed by atoms with Gasteiger partial charge in [0.15, 0.2) is 11.6 Å². The zero-order chi connectivity index (χ0) is 19.4. The van der Waals surface area contributed by atoms with Gasteiger partial charge < -0.3 is 11.1 Å². The Morgan fingerprint density at radius 2 is 1.70 bits per heavy atom. The molecule has 2 amide bonds. The lowest BCUT2D eigenvalue weighted by molar-refractivity contribution is -0.126. The van der Waals surface area contributed by atoms with E-state index in [-0.39, 0.29) is 12.8 Å². The molecule has 0 aliphatic rings. The summed E-state index contributed by atoms with van der Waals surface area (Å²) in [4.78, 5) is 24.1. The average molecular weight is 368 g/mol. The molecule has 0 heterocycles. The number of fused-ring (bicyclic) bond motifs is 1. The predicted molar refractivity (Wildman–Crippen MR) is 98.8 cm³/mol. The Morgan fingerprint density at radius 3 is 2.44 bits per heavy atom. The SMILES string of the molecule is NC(=O)[C@H](Cc1cccc2ccccc12)NC(=O)Cc1ccc(F)c(F)c1. The number of hydrogen-bond donors (Lipinski definition) is 2. The molecule has 6 heteroatoms. The van der Waals surface area contributed by atoms with E-state index >= 15 is 0 Å². The summed E-state index contributed by atoms with van der Waals surface area (Å²) in [5, 5.41) is 4.58. The fourth-order valence-electron chi connectivity index (χ4n) is 2.99. The molecule has 0 aliphatic heterocycles. The summed E-state index contributed by atoms with van der Waals surface area (Å²) in [7, 11) is 0. The molecule has 27 heavy (non-hydrogen) atoms. The van der Waals surface area contributed by atoms with Gasteiger partial charge in [-0.05, 0) is 34.0 Å². The topological polar surface area (TPSA) is 72.2 Å². The Balaban J connectivity index is 1.74. The van der Waals surface area contributed by atoms with Gasteiger partial charge in [0.1, 0.15) is 6.04 Å². The highest BCUT2D eigenvalue weighted by Gasteiger charge is 2.20. The van der Waals surface area contributed by atoms with E-state index in [2.05, 4.69) is 5.32 Å². The molecule has 0 saturated carbocycles. The van der Waals surface area contributed by atoms with Gasteiger partial charge >= 0.3 is 0 Å². The van der Waals surface area contributed by atoms with Gasteiger partial charge in [0.2, 0.25) is 11.8 Å². The maximum absolute atomic E-state index is 13.3. The van der Waals surface area contributed by atoms with E-state index in [4.69, 9.17) is 5.73 Å². The number of primary amides is 1. The molecule has 0 fully saturated rings. The largest absolute Gasteiger partial charge is 0.368 e. The van der Waals surface area contributed by atoms with Crippen molar-refractivity contribution in [3.05, 3.63) is 83.4 Å². The number of nitrogens with one attached hydrogen (secondary N) is 1. The molecule has 3 rings (SSSR count). The van der Waals surface area contributed by atoms with Crippen molar-refractivity contribution in [3.63, 3.8) is 0 Å². The number of carbonyl (C=O) groups excluding carboxylic acids is 2. The smallest absolute Gasteiger partial charge is 0.240 e. The average Bonchev–Trinajstić information content (AvgIpc) is 2.64. The van der Waals surface area contributed by atoms with Crippen LogP contribution in [0.15, 0.2) is 60.7 Å². The lowest BCUT2D eigenvalue weighted by atomic mass is 9.98. The third kappa shape index (κ3) is 4.47. The number of amides is 2. The monoisotopic (exact) mass is 368 g/mol. The third-order valence-electron chi connectivity index (χ3n) is 4.33. The molecule has 3 N–H and O–H groups in total. The number of halogens is 2. The van der Waals surface area contributed by atoms with E-state index in [0.29, 0.717) is 5.56 Å². The highest BCUT2D eigenvalue weighted by Crippen LogP contribution is 2.20. The molecule has 3 aromatic rings. The highest BCUT2D eigenvalue weighted by molar-refractivity contribution is 5.90. The van der Waals surface area contributed by atoms with E-state index in [1.54, 1.807) is 0 Å². The summed E-state index contributed by atoms with van der Waals surface area (Å²) >= 11 is 0. The van der Waals surface area contributed by atoms with Gasteiger partial charge in [0.25, 0.3) is 0 Å². The van der Waals surface area contributed by atoms with Crippen LogP contribution >= 0.6 is 0 Å². The first-order chi connectivity index (χ1) is 12.9. The van der Waals surface area contributed by atoms with Crippen LogP contribution in [0.5, 0.6) is 0 Å². The minimum Gasteiger partial charge on any atom is -0.368 e. The molecule has 4 nitrogen and oxygen atoms in total. The molecular weight excluding hydrogens is 350 g/mol. The Hall–Kier alpha value is -3.28. The molecule has 0 radical (unpaired) electrons. The molecule has 0 aromatic heterocycles. The van der Waals surface area contributed by atoms with Gasteiger partial charge in [-0.3, -0.25) is 9.59 Å². The van der Waals surface area contributed by atoms with E-state index in [1.807, 2.05) is 42.5 Å². The Bertz CT molecular complexity index is 999. The summed E-state index contributed by atoms with van der Waals surface area (Å²) in [6.45, 7) is 0. The molecule has 0 spiro atoms. The maximum Gasteiger partial charge on any atom is 0.240 e. The molecule has 3 aromatic carbocycles. The van der Waals surface area contributed by atoms with Gasteiger partial charge in [-0.1, -0.05) is 48.5 Å². The van der Waals surface area contributed by atoms with Gasteiger partial charge in [0.05, 0.1) is 6.42 Å². The summed E-state index contributed by atoms with van der Waals surface area (Å²) in [5.74, 6) is -3.17. The minimum atomic E-state index is -1.03. The van der Waals surface area contributed by atoms with Crippen LogP contribution in [-0.2, 0) is 22.4 Å². The molecule has 0 unspecified atom stereocenters. The summed E-state index contributed by atoms with van der Waals surface area (Å²) in [6.07, 6.45) is 0.0523. The zero-order valence-corrected chi connectivity index (χ0v) is 14.4. The predicted octanol–water partition coefficient (Wildman–Crippen LogP) is 2.87. The van der Waals surface area contributed by atoms with Crippen LogP contribution in [0.25, 0.3) is 10.8 Å². The zero-order valence-electron chi connectivity index (χ0n) is 14.4. The second kappa shape index (κ2) is 7.95. The van der Waals surface area contributed by atoms with Crippen LogP contribution in [0.3, 0.4) is 0 Å². The molecule has 1 atom stereocenters. The van der Waals surface area contributed by atoms with Crippen molar-refractivity contribution in [3.8, 4) is 0 Å². The first-order valence-corrected chi connectivity index (χ1v) is 8.43. The van der Waals surface area contributed by atoms with Crippen molar-refractivity contribution in [1.29, 1.82) is 0 Å². The van der Waals surface area contributed by atoms with Crippen LogP contribution in [-0.4, -0.2) is 17.9 Å². The Kier molecular flexibility index (Phi) is 5.45. The fraction of sp³-hybridized carbons (Fsp3) is 0.143. The fourth-order valence-corrected chi connectivity index (χ4v) is 2.99. The second-order valence-electron chi connectivity index (χ2n) is 6.29. The number of hydrogen-bond acceptors (Lipinski definition) is 2. The molecule has 0 saturated heterocycles. The van der Waals surface area contributed by atoms with Crippen LogP contribution < -0.4 is 11.1 Å². The van der Waals surface area contributed by atoms with Crippen LogP contribution in [0, 0.1) is 11.6 Å². The van der Waals surface area contributed by atoms with Gasteiger partial charge in [-0.15, -0.1) is 0 Å². The van der Waals surface area contributed by atoms with Gasteiger partial charge in [-0.25, -0.2) is 8.78 Å². The lowest BCUT2D eigenvalue weighted by Gasteiger charge is -2.17. The highest BCUT2D eigenvalue weighted by atomic mass is 19.2. The van der Waals surface area contributed by atoms with E-state index in [9.17, 15) is 18.4 Å². The summed E-state index contributed by atoms with van der Waals surface area (Å²) in [5.41, 5.74) is 6.64. The van der Waals surface area contributed by atoms with Crippen molar-refractivity contribution in [2.24, 2.45) is 5.73 Å². The van der Waals surface area contributed by atoms with Crippen LogP contribution in [0.4, 0.5) is 8.78 Å². The standard InChI is InChI=1S/C21H18F2N2O2/c22-17-9-8-13(10-18(17)23)11-20(26)25-19(21(24)27)12-15-6-3-5-14-4-1-2-7-16(14)15/h1-10,19H,11-12H2,(H2,24,27)(H,25,26)/t19-/m0/s1. The maximum atomic E-state index is 13.3. The van der Waals surface area contributed by atoms with Crippen LogP contribution in [0.1, 0.15) is 11.1 Å². The number of benzene rings is 3. The second-order valence-corrected chi connectivity index (χ2v) is 6.29. The van der Waals surface area contributed by atoms with E-state index < -0.39 is 29.5 Å². The van der Waals surface area contributed by atoms with E-state index in [0.717, 1.165) is 28.5 Å². The van der Waals surface area contributed by atoms with Crippen molar-refractivity contribution in [2.45, 2.75) is 18.9 Å². The minimum absolute atomic E-state index is 0.184. The molecule has 0 aliphatic carbocycles. The Labute approximate surface area is 155 Å². The number of rotatable bonds is 6. The molecule has 138 valence electrons. The Morgan fingerprint density at radius 1 is 0.963 bits per heavy atom.